The molecule has 0 atom stereocenters. The molecule has 3 N–H and O–H groups in total. The molecule has 0 bridgehead atoms. The van der Waals surface area contributed by atoms with Gasteiger partial charge in [-0.3, -0.25) is 14.9 Å². The first-order valence-electron chi connectivity index (χ1n) is 7.74. The van der Waals surface area contributed by atoms with Gasteiger partial charge < -0.3 is 10.6 Å². The van der Waals surface area contributed by atoms with E-state index >= 15 is 0 Å². The van der Waals surface area contributed by atoms with E-state index in [-0.39, 0.29) is 27.5 Å². The smallest absolute Gasteiger partial charge is 0.258 e. The summed E-state index contributed by atoms with van der Waals surface area (Å²) >= 11 is 17.0. The molecule has 136 valence electrons. The SMILES string of the molecule is CC(C)C(=O)Nc1cccc(NC(=S)NC(=O)c2ccc(Cl)cc2Cl)c1. The van der Waals surface area contributed by atoms with Crippen LogP contribution in [0.3, 0.4) is 0 Å². The Hall–Kier alpha value is -2.15. The minimum absolute atomic E-state index is 0.0876. The average molecular weight is 410 g/mol. The van der Waals surface area contributed by atoms with Gasteiger partial charge in [0.05, 0.1) is 10.6 Å². The predicted molar refractivity (Wildman–Crippen MR) is 110 cm³/mol. The van der Waals surface area contributed by atoms with Crippen molar-refractivity contribution in [3.05, 3.63) is 58.1 Å². The number of nitrogens with one attached hydrogen (secondary N) is 3. The second-order valence-corrected chi connectivity index (χ2v) is 7.01. The highest BCUT2D eigenvalue weighted by atomic mass is 35.5. The lowest BCUT2D eigenvalue weighted by molar-refractivity contribution is -0.118. The molecule has 0 aliphatic carbocycles. The van der Waals surface area contributed by atoms with Crippen molar-refractivity contribution >= 4 is 63.7 Å². The van der Waals surface area contributed by atoms with E-state index < -0.39 is 5.91 Å². The zero-order chi connectivity index (χ0) is 19.3. The Bertz CT molecular complexity index is 856. The molecule has 0 aromatic heterocycles. The number of halogens is 2. The highest BCUT2D eigenvalue weighted by Gasteiger charge is 2.13. The minimum atomic E-state index is -0.451. The van der Waals surface area contributed by atoms with Gasteiger partial charge in [-0.2, -0.15) is 0 Å². The van der Waals surface area contributed by atoms with E-state index in [0.717, 1.165) is 0 Å². The molecule has 0 unspecified atom stereocenters. The van der Waals surface area contributed by atoms with Gasteiger partial charge in [0.1, 0.15) is 0 Å². The van der Waals surface area contributed by atoms with Gasteiger partial charge in [-0.25, -0.2) is 0 Å². The average Bonchev–Trinajstić information content (AvgIpc) is 2.54. The molecule has 5 nitrogen and oxygen atoms in total. The van der Waals surface area contributed by atoms with Gasteiger partial charge in [-0.15, -0.1) is 0 Å². The quantitative estimate of drug-likeness (QED) is 0.639. The highest BCUT2D eigenvalue weighted by Crippen LogP contribution is 2.21. The van der Waals surface area contributed by atoms with Crippen LogP contribution in [0.1, 0.15) is 24.2 Å². The summed E-state index contributed by atoms with van der Waals surface area (Å²) in [5.41, 5.74) is 1.51. The fourth-order valence-corrected chi connectivity index (χ4v) is 2.67. The van der Waals surface area contributed by atoms with Crippen LogP contribution in [0, 0.1) is 5.92 Å². The second-order valence-electron chi connectivity index (χ2n) is 5.76. The number of amides is 2. The van der Waals surface area contributed by atoms with Crippen molar-refractivity contribution in [2.75, 3.05) is 10.6 Å². The van der Waals surface area contributed by atoms with Crippen molar-refractivity contribution in [1.29, 1.82) is 0 Å². The first-order valence-corrected chi connectivity index (χ1v) is 8.91. The van der Waals surface area contributed by atoms with E-state index in [1.54, 1.807) is 30.3 Å². The number of hydrogen-bond acceptors (Lipinski definition) is 3. The molecule has 0 saturated carbocycles. The predicted octanol–water partition coefficient (Wildman–Crippen LogP) is 4.71. The van der Waals surface area contributed by atoms with Crippen LogP contribution in [0.15, 0.2) is 42.5 Å². The Balaban J connectivity index is 2.01. The minimum Gasteiger partial charge on any atom is -0.332 e. The van der Waals surface area contributed by atoms with Gasteiger partial charge in [0, 0.05) is 22.3 Å². The number of rotatable bonds is 4. The lowest BCUT2D eigenvalue weighted by atomic mass is 10.2. The van der Waals surface area contributed by atoms with Crippen molar-refractivity contribution in [2.24, 2.45) is 5.92 Å². The molecule has 0 radical (unpaired) electrons. The number of anilines is 2. The molecule has 26 heavy (non-hydrogen) atoms. The third-order valence-electron chi connectivity index (χ3n) is 3.32. The third kappa shape index (κ3) is 5.69. The Morgan fingerprint density at radius 3 is 2.27 bits per heavy atom. The maximum Gasteiger partial charge on any atom is 0.258 e. The first kappa shape index (κ1) is 20.2. The maximum absolute atomic E-state index is 12.2. The number of carbonyl (C=O) groups excluding carboxylic acids is 2. The van der Waals surface area contributed by atoms with Crippen LogP contribution in [0.4, 0.5) is 11.4 Å². The third-order valence-corrected chi connectivity index (χ3v) is 4.07. The molecule has 0 aliphatic rings. The summed E-state index contributed by atoms with van der Waals surface area (Å²) in [6.07, 6.45) is 0. The van der Waals surface area contributed by atoms with Crippen LogP contribution < -0.4 is 16.0 Å². The maximum atomic E-state index is 12.2. The number of carbonyl (C=O) groups is 2. The molecular weight excluding hydrogens is 393 g/mol. The first-order chi connectivity index (χ1) is 12.3. The lowest BCUT2D eigenvalue weighted by Crippen LogP contribution is -2.34. The molecular formula is C18H17Cl2N3O2S. The molecule has 0 fully saturated rings. The van der Waals surface area contributed by atoms with E-state index in [1.807, 2.05) is 13.8 Å². The van der Waals surface area contributed by atoms with Crippen LogP contribution in [0.25, 0.3) is 0 Å². The van der Waals surface area contributed by atoms with Gasteiger partial charge in [0.25, 0.3) is 5.91 Å². The Kier molecular flexibility index (Phi) is 6.97. The van der Waals surface area contributed by atoms with E-state index in [0.29, 0.717) is 16.4 Å². The van der Waals surface area contributed by atoms with Crippen LogP contribution in [0.5, 0.6) is 0 Å². The topological polar surface area (TPSA) is 70.2 Å². The normalized spacial score (nSPS) is 10.3. The largest absolute Gasteiger partial charge is 0.332 e. The van der Waals surface area contributed by atoms with Gasteiger partial charge in [0.15, 0.2) is 5.11 Å². The van der Waals surface area contributed by atoms with Crippen LogP contribution >= 0.6 is 35.4 Å². The molecule has 0 aliphatic heterocycles. The van der Waals surface area contributed by atoms with E-state index in [2.05, 4.69) is 16.0 Å². The van der Waals surface area contributed by atoms with Crippen LogP contribution in [-0.2, 0) is 4.79 Å². The monoisotopic (exact) mass is 409 g/mol. The Morgan fingerprint density at radius 1 is 1.00 bits per heavy atom. The highest BCUT2D eigenvalue weighted by molar-refractivity contribution is 7.80. The summed E-state index contributed by atoms with van der Waals surface area (Å²) in [7, 11) is 0. The van der Waals surface area contributed by atoms with Crippen molar-refractivity contribution in [3.8, 4) is 0 Å². The summed E-state index contributed by atoms with van der Waals surface area (Å²) in [6, 6.07) is 11.6. The van der Waals surface area contributed by atoms with Gasteiger partial charge in [-0.1, -0.05) is 43.1 Å². The van der Waals surface area contributed by atoms with Crippen LogP contribution in [0.2, 0.25) is 10.0 Å². The molecule has 2 aromatic rings. The zero-order valence-electron chi connectivity index (χ0n) is 14.1. The molecule has 0 spiro atoms. The standard InChI is InChI=1S/C18H17Cl2N3O2S/c1-10(2)16(24)21-12-4-3-5-13(9-12)22-18(26)23-17(25)14-7-6-11(19)8-15(14)20/h3-10H,1-2H3,(H,21,24)(H2,22,23,25,26). The van der Waals surface area contributed by atoms with E-state index in [1.165, 1.54) is 12.1 Å². The molecule has 2 amide bonds. The number of hydrogen-bond donors (Lipinski definition) is 3. The van der Waals surface area contributed by atoms with Crippen molar-refractivity contribution < 1.29 is 9.59 Å². The lowest BCUT2D eigenvalue weighted by Gasteiger charge is -2.12. The Labute approximate surface area is 167 Å². The summed E-state index contributed by atoms with van der Waals surface area (Å²) in [6.45, 7) is 3.62. The van der Waals surface area contributed by atoms with Gasteiger partial charge in [-0.05, 0) is 48.6 Å². The van der Waals surface area contributed by atoms with E-state index in [4.69, 9.17) is 35.4 Å². The molecule has 2 rings (SSSR count). The van der Waals surface area contributed by atoms with Crippen molar-refractivity contribution in [2.45, 2.75) is 13.8 Å². The van der Waals surface area contributed by atoms with Crippen molar-refractivity contribution in [3.63, 3.8) is 0 Å². The number of thiocarbonyl (C=S) groups is 1. The fourth-order valence-electron chi connectivity index (χ4n) is 1.97. The van der Waals surface area contributed by atoms with Gasteiger partial charge >= 0.3 is 0 Å². The van der Waals surface area contributed by atoms with E-state index in [9.17, 15) is 9.59 Å². The summed E-state index contributed by atoms with van der Waals surface area (Å²) < 4.78 is 0. The van der Waals surface area contributed by atoms with Gasteiger partial charge in [0.2, 0.25) is 5.91 Å². The van der Waals surface area contributed by atoms with Crippen molar-refractivity contribution in [1.82, 2.24) is 5.32 Å². The summed E-state index contributed by atoms with van der Waals surface area (Å²) in [5, 5.41) is 9.02. The zero-order valence-corrected chi connectivity index (χ0v) is 16.4. The molecule has 2 aromatic carbocycles. The molecule has 0 saturated heterocycles. The van der Waals surface area contributed by atoms with Crippen LogP contribution in [-0.4, -0.2) is 16.9 Å². The second kappa shape index (κ2) is 8.98. The molecule has 8 heteroatoms. The Morgan fingerprint density at radius 2 is 1.65 bits per heavy atom. The summed E-state index contributed by atoms with van der Waals surface area (Å²) in [4.78, 5) is 24.0. The molecule has 0 heterocycles. The summed E-state index contributed by atoms with van der Waals surface area (Å²) in [5.74, 6) is -0.667. The number of benzene rings is 2. The fraction of sp³-hybridized carbons (Fsp3) is 0.167.